The normalized spacial score (nSPS) is 14.0. The molecule has 1 N–H and O–H groups in total. The molecule has 1 fully saturated rings. The van der Waals surface area contributed by atoms with E-state index in [-0.39, 0.29) is 12.0 Å². The van der Waals surface area contributed by atoms with E-state index >= 15 is 0 Å². The molecule has 0 bridgehead atoms. The smallest absolute Gasteiger partial charge is 0.410 e. The molecular weight excluding hydrogens is 416 g/mol. The van der Waals surface area contributed by atoms with E-state index in [9.17, 15) is 9.59 Å². The molecule has 170 valence electrons. The molecule has 0 unspecified atom stereocenters. The summed E-state index contributed by atoms with van der Waals surface area (Å²) in [6.45, 7) is 3.96. The van der Waals surface area contributed by atoms with Crippen LogP contribution in [0.2, 0.25) is 0 Å². The second kappa shape index (κ2) is 11.2. The molecule has 2 heterocycles. The number of aryl methyl sites for hydroxylation is 1. The fourth-order valence-electron chi connectivity index (χ4n) is 3.75. The fraction of sp³-hybridized carbons (Fsp3) is 0.269. The lowest BCUT2D eigenvalue weighted by Crippen LogP contribution is -2.49. The third kappa shape index (κ3) is 6.63. The van der Waals surface area contributed by atoms with Crippen molar-refractivity contribution in [2.24, 2.45) is 0 Å². The van der Waals surface area contributed by atoms with Gasteiger partial charge in [0.05, 0.1) is 0 Å². The molecule has 2 amide bonds. The number of nitrogens with zero attached hydrogens (tertiary/aromatic N) is 3. The number of aromatic nitrogens is 1. The van der Waals surface area contributed by atoms with Crippen LogP contribution in [0.4, 0.5) is 10.5 Å². The monoisotopic (exact) mass is 444 g/mol. The Morgan fingerprint density at radius 3 is 2.30 bits per heavy atom. The summed E-state index contributed by atoms with van der Waals surface area (Å²) >= 11 is 0. The van der Waals surface area contributed by atoms with E-state index in [1.807, 2.05) is 36.5 Å². The number of hydrogen-bond donors (Lipinski definition) is 1. The lowest BCUT2D eigenvalue weighted by Gasteiger charge is -2.34. The molecule has 1 aliphatic rings. The number of carbonyl (C=O) groups excluding carboxylic acids is 2. The second-order valence-corrected chi connectivity index (χ2v) is 7.97. The summed E-state index contributed by atoms with van der Waals surface area (Å²) < 4.78 is 5.52. The zero-order chi connectivity index (χ0) is 22.9. The summed E-state index contributed by atoms with van der Waals surface area (Å²) in [4.78, 5) is 33.2. The van der Waals surface area contributed by atoms with Crippen molar-refractivity contribution < 1.29 is 14.3 Å². The van der Waals surface area contributed by atoms with Crippen molar-refractivity contribution in [1.82, 2.24) is 14.8 Å². The maximum Gasteiger partial charge on any atom is 0.415 e. The number of piperazine rings is 1. The third-order valence-electron chi connectivity index (χ3n) is 5.62. The van der Waals surface area contributed by atoms with Gasteiger partial charge in [-0.05, 0) is 67.9 Å². The second-order valence-electron chi connectivity index (χ2n) is 7.97. The average molecular weight is 445 g/mol. The highest BCUT2D eigenvalue weighted by atomic mass is 16.6. The Hall–Kier alpha value is -3.71. The van der Waals surface area contributed by atoms with Crippen molar-refractivity contribution in [3.63, 3.8) is 0 Å². The van der Waals surface area contributed by atoms with Gasteiger partial charge in [-0.3, -0.25) is 14.7 Å². The van der Waals surface area contributed by atoms with Crippen LogP contribution in [0.25, 0.3) is 0 Å². The van der Waals surface area contributed by atoms with Crippen molar-refractivity contribution in [3.05, 3.63) is 90.3 Å². The maximum atomic E-state index is 12.5. The molecule has 1 aromatic heterocycles. The first-order valence-corrected chi connectivity index (χ1v) is 11.2. The number of carbonyl (C=O) groups is 2. The molecule has 0 saturated carbocycles. The highest BCUT2D eigenvalue weighted by Gasteiger charge is 2.22. The molecule has 7 nitrogen and oxygen atoms in total. The number of anilines is 1. The van der Waals surface area contributed by atoms with E-state index in [0.29, 0.717) is 30.1 Å². The molecule has 3 aromatic rings. The molecule has 4 rings (SSSR count). The Morgan fingerprint density at radius 1 is 0.879 bits per heavy atom. The predicted octanol–water partition coefficient (Wildman–Crippen LogP) is 4.08. The van der Waals surface area contributed by atoms with Crippen LogP contribution < -0.4 is 10.1 Å². The number of benzene rings is 2. The van der Waals surface area contributed by atoms with Gasteiger partial charge in [0, 0.05) is 49.3 Å². The largest absolute Gasteiger partial charge is 0.415 e. The van der Waals surface area contributed by atoms with Crippen molar-refractivity contribution >= 4 is 17.7 Å². The minimum absolute atomic E-state index is 0.182. The minimum Gasteiger partial charge on any atom is -0.410 e. The summed E-state index contributed by atoms with van der Waals surface area (Å²) in [6, 6.07) is 21.8. The van der Waals surface area contributed by atoms with Gasteiger partial charge in [-0.25, -0.2) is 4.79 Å². The van der Waals surface area contributed by atoms with Gasteiger partial charge in [0.25, 0.3) is 5.91 Å². The van der Waals surface area contributed by atoms with Gasteiger partial charge in [0.1, 0.15) is 5.75 Å². The van der Waals surface area contributed by atoms with Crippen LogP contribution in [0.1, 0.15) is 22.5 Å². The lowest BCUT2D eigenvalue weighted by atomic mass is 10.2. The van der Waals surface area contributed by atoms with Crippen molar-refractivity contribution in [1.29, 1.82) is 0 Å². The number of ether oxygens (including phenoxy) is 1. The molecular formula is C26H28N4O3. The van der Waals surface area contributed by atoms with Crippen LogP contribution in [-0.2, 0) is 6.42 Å². The summed E-state index contributed by atoms with van der Waals surface area (Å²) in [5, 5.41) is 2.83. The van der Waals surface area contributed by atoms with E-state index in [1.54, 1.807) is 41.3 Å². The first kappa shape index (κ1) is 22.5. The minimum atomic E-state index is -0.343. The average Bonchev–Trinajstić information content (AvgIpc) is 2.87. The zero-order valence-corrected chi connectivity index (χ0v) is 18.5. The summed E-state index contributed by atoms with van der Waals surface area (Å²) in [6.07, 6.45) is 3.50. The van der Waals surface area contributed by atoms with Crippen LogP contribution in [0.3, 0.4) is 0 Å². The Kier molecular flexibility index (Phi) is 7.66. The topological polar surface area (TPSA) is 74.8 Å². The highest BCUT2D eigenvalue weighted by molar-refractivity contribution is 6.04. The Balaban J connectivity index is 1.18. The van der Waals surface area contributed by atoms with Gasteiger partial charge in [0.2, 0.25) is 0 Å². The number of rotatable bonds is 7. The van der Waals surface area contributed by atoms with E-state index in [4.69, 9.17) is 4.74 Å². The quantitative estimate of drug-likeness (QED) is 0.594. The Morgan fingerprint density at radius 2 is 1.61 bits per heavy atom. The van der Waals surface area contributed by atoms with Crippen molar-refractivity contribution in [2.75, 3.05) is 38.0 Å². The fourth-order valence-corrected chi connectivity index (χ4v) is 3.75. The van der Waals surface area contributed by atoms with Crippen LogP contribution >= 0.6 is 0 Å². The van der Waals surface area contributed by atoms with E-state index in [1.165, 1.54) is 0 Å². The molecule has 0 aliphatic carbocycles. The first-order chi connectivity index (χ1) is 16.2. The number of hydrogen-bond acceptors (Lipinski definition) is 5. The Labute approximate surface area is 194 Å². The van der Waals surface area contributed by atoms with Gasteiger partial charge in [-0.2, -0.15) is 0 Å². The summed E-state index contributed by atoms with van der Waals surface area (Å²) in [5.74, 6) is 0.272. The van der Waals surface area contributed by atoms with Gasteiger partial charge in [-0.15, -0.1) is 0 Å². The van der Waals surface area contributed by atoms with E-state index in [0.717, 1.165) is 38.2 Å². The molecule has 1 saturated heterocycles. The molecule has 7 heteroatoms. The van der Waals surface area contributed by atoms with Gasteiger partial charge >= 0.3 is 6.09 Å². The molecule has 0 spiro atoms. The van der Waals surface area contributed by atoms with Gasteiger partial charge < -0.3 is 15.0 Å². The Bertz CT molecular complexity index is 1030. The third-order valence-corrected chi connectivity index (χ3v) is 5.62. The molecule has 0 radical (unpaired) electrons. The standard InChI is InChI=1S/C26H28N4O3/c31-25(21-7-2-1-3-8-21)28-23-11-13-24(14-12-23)33-26(32)30-19-17-29(18-20-30)16-6-10-22-9-4-5-15-27-22/h1-5,7-9,11-15H,6,10,16-20H2,(H,28,31). The maximum absolute atomic E-state index is 12.5. The van der Waals surface area contributed by atoms with Crippen LogP contribution in [0.15, 0.2) is 79.0 Å². The van der Waals surface area contributed by atoms with Crippen molar-refractivity contribution in [3.8, 4) is 5.75 Å². The summed E-state index contributed by atoms with van der Waals surface area (Å²) in [5.41, 5.74) is 2.34. The first-order valence-electron chi connectivity index (χ1n) is 11.2. The zero-order valence-electron chi connectivity index (χ0n) is 18.5. The van der Waals surface area contributed by atoms with E-state index in [2.05, 4.69) is 21.3 Å². The number of pyridine rings is 1. The van der Waals surface area contributed by atoms with Gasteiger partial charge in [-0.1, -0.05) is 24.3 Å². The molecule has 0 atom stereocenters. The molecule has 1 aliphatic heterocycles. The number of nitrogens with one attached hydrogen (secondary N) is 1. The lowest BCUT2D eigenvalue weighted by molar-refractivity contribution is 0.102. The number of amides is 2. The van der Waals surface area contributed by atoms with E-state index < -0.39 is 0 Å². The highest BCUT2D eigenvalue weighted by Crippen LogP contribution is 2.18. The van der Waals surface area contributed by atoms with Crippen LogP contribution in [0, 0.1) is 0 Å². The van der Waals surface area contributed by atoms with Crippen LogP contribution in [0.5, 0.6) is 5.75 Å². The summed E-state index contributed by atoms with van der Waals surface area (Å²) in [7, 11) is 0. The molecule has 33 heavy (non-hydrogen) atoms. The predicted molar refractivity (Wildman–Crippen MR) is 127 cm³/mol. The van der Waals surface area contributed by atoms with Gasteiger partial charge in [0.15, 0.2) is 0 Å². The van der Waals surface area contributed by atoms with Crippen molar-refractivity contribution in [2.45, 2.75) is 12.8 Å². The SMILES string of the molecule is O=C(Nc1ccc(OC(=O)N2CCN(CCCc3ccccn3)CC2)cc1)c1ccccc1. The van der Waals surface area contributed by atoms with Crippen LogP contribution in [-0.4, -0.2) is 59.5 Å². The molecule has 2 aromatic carbocycles.